The van der Waals surface area contributed by atoms with Crippen LogP contribution in [0, 0.1) is 6.92 Å². The van der Waals surface area contributed by atoms with E-state index in [9.17, 15) is 13.2 Å². The molecule has 0 saturated heterocycles. The van der Waals surface area contributed by atoms with Crippen LogP contribution in [0.1, 0.15) is 12.5 Å². The monoisotopic (exact) mass is 280 g/mol. The third-order valence-electron chi connectivity index (χ3n) is 1.65. The van der Waals surface area contributed by atoms with Gasteiger partial charge < -0.3 is 5.11 Å². The fourth-order valence-electron chi connectivity index (χ4n) is 0.710. The normalized spacial score (nSPS) is 12.3. The lowest BCUT2D eigenvalue weighted by Crippen LogP contribution is -2.07. The highest BCUT2D eigenvalue weighted by Gasteiger charge is 2.06. The van der Waals surface area contributed by atoms with Crippen molar-refractivity contribution in [2.24, 2.45) is 0 Å². The molecule has 0 aromatic heterocycles. The SMILES string of the molecule is CC(O)C(=O)Cl.Cc1ccc(S(=O)(=O)O)cc1. The van der Waals surface area contributed by atoms with Crippen LogP contribution in [0.15, 0.2) is 29.2 Å². The Kier molecular flexibility index (Phi) is 6.33. The second-order valence-electron chi connectivity index (χ2n) is 3.27. The molecule has 0 aliphatic heterocycles. The maximum Gasteiger partial charge on any atom is 0.294 e. The first-order chi connectivity index (χ1) is 7.64. The van der Waals surface area contributed by atoms with Crippen LogP contribution < -0.4 is 0 Å². The molecule has 0 fully saturated rings. The summed E-state index contributed by atoms with van der Waals surface area (Å²) in [6.45, 7) is 3.16. The summed E-state index contributed by atoms with van der Waals surface area (Å²) in [7, 11) is -4.02. The standard InChI is InChI=1S/C7H8O3S.C3H5ClO2/c1-6-2-4-7(5-3-6)11(8,9)10;1-2(5)3(4)6/h2-5H,1H3,(H,8,9,10);2,5H,1H3. The van der Waals surface area contributed by atoms with E-state index in [1.165, 1.54) is 19.1 Å². The smallest absolute Gasteiger partial charge is 0.294 e. The van der Waals surface area contributed by atoms with Gasteiger partial charge in [-0.15, -0.1) is 0 Å². The van der Waals surface area contributed by atoms with Crippen LogP contribution in [-0.2, 0) is 14.9 Å². The molecule has 2 N–H and O–H groups in total. The zero-order chi connectivity index (χ0) is 13.6. The Hall–Kier alpha value is -0.950. The summed E-state index contributed by atoms with van der Waals surface area (Å²) in [5.41, 5.74) is 0.956. The van der Waals surface area contributed by atoms with Gasteiger partial charge in [-0.05, 0) is 37.6 Å². The number of hydrogen-bond donors (Lipinski definition) is 2. The molecule has 0 bridgehead atoms. The molecule has 0 saturated carbocycles. The molecule has 0 aliphatic carbocycles. The maximum absolute atomic E-state index is 10.5. The Balaban J connectivity index is 0.000000366. The Morgan fingerprint density at radius 3 is 1.88 bits per heavy atom. The van der Waals surface area contributed by atoms with E-state index in [4.69, 9.17) is 21.3 Å². The molecule has 0 amide bonds. The van der Waals surface area contributed by atoms with Crippen molar-refractivity contribution in [3.8, 4) is 0 Å². The van der Waals surface area contributed by atoms with E-state index in [2.05, 4.69) is 0 Å². The maximum atomic E-state index is 10.5. The molecule has 0 aliphatic rings. The number of hydrogen-bond acceptors (Lipinski definition) is 4. The fraction of sp³-hybridized carbons (Fsp3) is 0.300. The first-order valence-corrected chi connectivity index (χ1v) is 6.38. The van der Waals surface area contributed by atoms with Crippen molar-refractivity contribution >= 4 is 27.0 Å². The average molecular weight is 281 g/mol. The van der Waals surface area contributed by atoms with Crippen molar-refractivity contribution in [3.05, 3.63) is 29.8 Å². The fourth-order valence-corrected chi connectivity index (χ4v) is 1.19. The summed E-state index contributed by atoms with van der Waals surface area (Å²) in [6, 6.07) is 5.99. The second-order valence-corrected chi connectivity index (χ2v) is 5.06. The van der Waals surface area contributed by atoms with Crippen molar-refractivity contribution in [1.82, 2.24) is 0 Å². The molecule has 1 aromatic carbocycles. The predicted octanol–water partition coefficient (Wildman–Crippen LogP) is 1.37. The molecule has 7 heteroatoms. The van der Waals surface area contributed by atoms with E-state index >= 15 is 0 Å². The number of aliphatic hydroxyl groups is 1. The van der Waals surface area contributed by atoms with Crippen LogP contribution in [0.5, 0.6) is 0 Å². The molecular formula is C10H13ClO5S. The quantitative estimate of drug-likeness (QED) is 0.631. The first-order valence-electron chi connectivity index (χ1n) is 4.56. The summed E-state index contributed by atoms with van der Waals surface area (Å²) < 4.78 is 29.6. The van der Waals surface area contributed by atoms with Crippen LogP contribution in [0.3, 0.4) is 0 Å². The average Bonchev–Trinajstić information content (AvgIpc) is 2.17. The van der Waals surface area contributed by atoms with Gasteiger partial charge in [-0.1, -0.05) is 17.7 Å². The molecule has 5 nitrogen and oxygen atoms in total. The molecular weight excluding hydrogens is 268 g/mol. The Bertz CT molecular complexity index is 464. The molecule has 1 unspecified atom stereocenters. The third-order valence-corrected chi connectivity index (χ3v) is 2.83. The summed E-state index contributed by atoms with van der Waals surface area (Å²) in [4.78, 5) is 9.59. The van der Waals surface area contributed by atoms with Gasteiger partial charge in [-0.25, -0.2) is 0 Å². The van der Waals surface area contributed by atoms with Gasteiger partial charge in [0.05, 0.1) is 4.90 Å². The van der Waals surface area contributed by atoms with Gasteiger partial charge in [0.25, 0.3) is 10.1 Å². The highest BCUT2D eigenvalue weighted by atomic mass is 35.5. The third kappa shape index (κ3) is 7.06. The molecule has 0 heterocycles. The Morgan fingerprint density at radius 1 is 1.29 bits per heavy atom. The topological polar surface area (TPSA) is 91.7 Å². The lowest BCUT2D eigenvalue weighted by molar-refractivity contribution is -0.118. The van der Waals surface area contributed by atoms with E-state index in [-0.39, 0.29) is 4.90 Å². The minimum absolute atomic E-state index is 0.0666. The van der Waals surface area contributed by atoms with Crippen molar-refractivity contribution in [1.29, 1.82) is 0 Å². The molecule has 1 rings (SSSR count). The van der Waals surface area contributed by atoms with Crippen molar-refractivity contribution in [2.45, 2.75) is 24.8 Å². The minimum Gasteiger partial charge on any atom is -0.384 e. The number of rotatable bonds is 2. The van der Waals surface area contributed by atoms with Gasteiger partial charge in [-0.2, -0.15) is 8.42 Å². The predicted molar refractivity (Wildman–Crippen MR) is 63.5 cm³/mol. The zero-order valence-electron chi connectivity index (χ0n) is 9.29. The van der Waals surface area contributed by atoms with Gasteiger partial charge >= 0.3 is 0 Å². The molecule has 17 heavy (non-hydrogen) atoms. The lowest BCUT2D eigenvalue weighted by atomic mass is 10.2. The number of benzene rings is 1. The first kappa shape index (κ1) is 16.1. The van der Waals surface area contributed by atoms with Crippen LogP contribution in [-0.4, -0.2) is 29.4 Å². The summed E-state index contributed by atoms with van der Waals surface area (Å²) in [6.07, 6.45) is -1.02. The van der Waals surface area contributed by atoms with E-state index < -0.39 is 21.5 Å². The van der Waals surface area contributed by atoms with Gasteiger partial charge in [-0.3, -0.25) is 9.35 Å². The van der Waals surface area contributed by atoms with Gasteiger partial charge in [0.15, 0.2) is 0 Å². The van der Waals surface area contributed by atoms with Crippen molar-refractivity contribution in [2.75, 3.05) is 0 Å². The van der Waals surface area contributed by atoms with Crippen LogP contribution >= 0.6 is 11.6 Å². The van der Waals surface area contributed by atoms with Crippen molar-refractivity contribution < 1.29 is 22.9 Å². The van der Waals surface area contributed by atoms with Crippen LogP contribution in [0.25, 0.3) is 0 Å². The Labute approximate surface area is 105 Å². The molecule has 1 aromatic rings. The van der Waals surface area contributed by atoms with E-state index in [0.717, 1.165) is 5.56 Å². The second kappa shape index (κ2) is 6.70. The van der Waals surface area contributed by atoms with Gasteiger partial charge in [0.2, 0.25) is 5.24 Å². The van der Waals surface area contributed by atoms with Gasteiger partial charge in [0, 0.05) is 0 Å². The number of carbonyl (C=O) groups is 1. The highest BCUT2D eigenvalue weighted by molar-refractivity contribution is 7.85. The molecule has 0 radical (unpaired) electrons. The van der Waals surface area contributed by atoms with Crippen molar-refractivity contribution in [3.63, 3.8) is 0 Å². The number of aliphatic hydroxyl groups excluding tert-OH is 1. The lowest BCUT2D eigenvalue weighted by Gasteiger charge is -1.95. The minimum atomic E-state index is -4.02. The van der Waals surface area contributed by atoms with Crippen LogP contribution in [0.2, 0.25) is 0 Å². The Morgan fingerprint density at radius 2 is 1.65 bits per heavy atom. The largest absolute Gasteiger partial charge is 0.384 e. The number of halogens is 1. The molecule has 96 valence electrons. The van der Waals surface area contributed by atoms with Crippen LogP contribution in [0.4, 0.5) is 0 Å². The van der Waals surface area contributed by atoms with E-state index in [1.807, 2.05) is 6.92 Å². The number of aryl methyl sites for hydroxylation is 1. The molecule has 0 spiro atoms. The zero-order valence-corrected chi connectivity index (χ0v) is 10.9. The van der Waals surface area contributed by atoms with E-state index in [0.29, 0.717) is 0 Å². The number of carbonyl (C=O) groups excluding carboxylic acids is 1. The van der Waals surface area contributed by atoms with E-state index in [1.54, 1.807) is 12.1 Å². The summed E-state index contributed by atoms with van der Waals surface area (Å²) in [5, 5.41) is 7.44. The van der Waals surface area contributed by atoms with Gasteiger partial charge in [0.1, 0.15) is 6.10 Å². The summed E-state index contributed by atoms with van der Waals surface area (Å²) >= 11 is 4.72. The molecule has 1 atom stereocenters. The summed E-state index contributed by atoms with van der Waals surface area (Å²) in [5.74, 6) is 0. The highest BCUT2D eigenvalue weighted by Crippen LogP contribution is 2.08.